The van der Waals surface area contributed by atoms with E-state index >= 15 is 4.39 Å². The molecule has 2 heterocycles. The van der Waals surface area contributed by atoms with Crippen molar-refractivity contribution in [3.8, 4) is 23.1 Å². The number of aliphatic imine (C=N–C) groups is 1. The van der Waals surface area contributed by atoms with Gasteiger partial charge in [-0.1, -0.05) is 24.3 Å². The fraction of sp³-hybridized carbons (Fsp3) is 0.241. The zero-order chi connectivity index (χ0) is 28.6. The number of halogens is 2. The number of carbonyl (C=O) groups is 1. The fourth-order valence-electron chi connectivity index (χ4n) is 4.68. The van der Waals surface area contributed by atoms with E-state index in [-0.39, 0.29) is 23.8 Å². The maximum absolute atomic E-state index is 15.7. The normalized spacial score (nSPS) is 15.9. The largest absolute Gasteiger partial charge is 0.507 e. The van der Waals surface area contributed by atoms with Gasteiger partial charge in [0.1, 0.15) is 28.9 Å². The lowest BCUT2D eigenvalue weighted by Crippen LogP contribution is -2.54. The molecule has 4 rings (SSSR count). The number of hydrogen-bond acceptors (Lipinski definition) is 7. The van der Waals surface area contributed by atoms with Crippen molar-refractivity contribution in [2.45, 2.75) is 17.4 Å². The number of aromatic nitrogens is 1. The summed E-state index contributed by atoms with van der Waals surface area (Å²) in [5, 5.41) is 22.2. The molecule has 0 bridgehead atoms. The summed E-state index contributed by atoms with van der Waals surface area (Å²) in [5.74, 6) is -1.98. The third-order valence-corrected chi connectivity index (χ3v) is 7.33. The predicted octanol–water partition coefficient (Wildman–Crippen LogP) is 5.19. The van der Waals surface area contributed by atoms with Gasteiger partial charge in [-0.25, -0.2) is 18.8 Å². The molecule has 11 heteroatoms. The van der Waals surface area contributed by atoms with Crippen LogP contribution in [0.3, 0.4) is 0 Å². The minimum absolute atomic E-state index is 0.0557. The molecule has 8 nitrogen and oxygen atoms in total. The first-order valence-corrected chi connectivity index (χ1v) is 13.7. The second kappa shape index (κ2) is 13.2. The van der Waals surface area contributed by atoms with Gasteiger partial charge >= 0.3 is 0 Å². The molecule has 1 amide bonds. The Kier molecular flexibility index (Phi) is 9.47. The third-order valence-electron chi connectivity index (χ3n) is 6.55. The Bertz CT molecular complexity index is 1460. The first-order valence-electron chi connectivity index (χ1n) is 12.5. The van der Waals surface area contributed by atoms with Gasteiger partial charge in [0.25, 0.3) is 0 Å². The number of nitriles is 1. The van der Waals surface area contributed by atoms with E-state index in [4.69, 9.17) is 4.99 Å². The molecule has 0 saturated carbocycles. The SMILES string of the molecule is C=CCN1CCN(/C(=N/c2ccccc2SC)c2cc(F)c(-c3c(O)cccc3F)nc2NC=O)CC1CC#N. The van der Waals surface area contributed by atoms with Crippen molar-refractivity contribution in [3.05, 3.63) is 78.4 Å². The highest BCUT2D eigenvalue weighted by molar-refractivity contribution is 7.98. The number of nitrogens with one attached hydrogen (secondary N) is 1. The molecule has 1 fully saturated rings. The summed E-state index contributed by atoms with van der Waals surface area (Å²) in [6, 6.07) is 14.3. The summed E-state index contributed by atoms with van der Waals surface area (Å²) < 4.78 is 30.3. The summed E-state index contributed by atoms with van der Waals surface area (Å²) >= 11 is 1.50. The standard InChI is InChI=1S/C29H28F2N6O2S/c1-3-13-36-14-15-37(17-19(36)11-12-32)29(34-23-8-4-5-10-25(23)40-2)20-16-22(31)27(35-28(20)33-18-38)26-21(30)7-6-9-24(26)39/h3-10,16,18-19,39H,1,11,13-15,17H2,2H3,(H,33,35,38)/b34-29+. The van der Waals surface area contributed by atoms with E-state index in [1.165, 1.54) is 23.9 Å². The number of anilines is 1. The maximum atomic E-state index is 15.7. The minimum Gasteiger partial charge on any atom is -0.507 e. The van der Waals surface area contributed by atoms with Gasteiger partial charge in [0, 0.05) is 37.1 Å². The molecular formula is C29H28F2N6O2S. The Labute approximate surface area is 235 Å². The van der Waals surface area contributed by atoms with Crippen molar-refractivity contribution in [1.82, 2.24) is 14.8 Å². The van der Waals surface area contributed by atoms with Crippen LogP contribution in [0.2, 0.25) is 0 Å². The molecule has 40 heavy (non-hydrogen) atoms. The molecule has 0 radical (unpaired) electrons. The molecule has 1 saturated heterocycles. The zero-order valence-corrected chi connectivity index (χ0v) is 22.7. The molecule has 1 aliphatic heterocycles. The van der Waals surface area contributed by atoms with E-state index in [0.29, 0.717) is 44.1 Å². The van der Waals surface area contributed by atoms with Crippen molar-refractivity contribution >= 4 is 35.5 Å². The Morgan fingerprint density at radius 2 is 2.08 bits per heavy atom. The van der Waals surface area contributed by atoms with E-state index in [9.17, 15) is 19.6 Å². The second-order valence-corrected chi connectivity index (χ2v) is 9.81. The third kappa shape index (κ3) is 6.14. The van der Waals surface area contributed by atoms with Gasteiger partial charge in [-0.05, 0) is 36.6 Å². The van der Waals surface area contributed by atoms with Gasteiger partial charge < -0.3 is 15.3 Å². The minimum atomic E-state index is -0.906. The van der Waals surface area contributed by atoms with Gasteiger partial charge in [0.05, 0.1) is 29.3 Å². The van der Waals surface area contributed by atoms with Crippen LogP contribution in [-0.4, -0.2) is 70.6 Å². The number of nitrogens with zero attached hydrogens (tertiary/aromatic N) is 5. The molecule has 0 spiro atoms. The first-order chi connectivity index (χ1) is 19.4. The van der Waals surface area contributed by atoms with Crippen LogP contribution in [0.1, 0.15) is 12.0 Å². The average Bonchev–Trinajstić information content (AvgIpc) is 2.95. The molecule has 2 N–H and O–H groups in total. The number of aromatic hydroxyl groups is 1. The molecule has 2 aromatic carbocycles. The lowest BCUT2D eigenvalue weighted by molar-refractivity contribution is -0.105. The quantitative estimate of drug-likeness (QED) is 0.122. The number of carbonyl (C=O) groups excluding carboxylic acids is 1. The van der Waals surface area contributed by atoms with Gasteiger partial charge in [0.2, 0.25) is 6.41 Å². The summed E-state index contributed by atoms with van der Waals surface area (Å²) in [4.78, 5) is 25.8. The number of phenols is 1. The first kappa shape index (κ1) is 28.7. The van der Waals surface area contributed by atoms with Crippen LogP contribution in [0, 0.1) is 23.0 Å². The lowest BCUT2D eigenvalue weighted by Gasteiger charge is -2.41. The van der Waals surface area contributed by atoms with Crippen molar-refractivity contribution in [3.63, 3.8) is 0 Å². The maximum Gasteiger partial charge on any atom is 0.212 e. The number of thioether (sulfide) groups is 1. The Morgan fingerprint density at radius 3 is 2.77 bits per heavy atom. The molecule has 1 aromatic heterocycles. The number of piperazine rings is 1. The molecule has 1 unspecified atom stereocenters. The smallest absolute Gasteiger partial charge is 0.212 e. The molecular weight excluding hydrogens is 534 g/mol. The molecule has 206 valence electrons. The highest BCUT2D eigenvalue weighted by Crippen LogP contribution is 2.35. The van der Waals surface area contributed by atoms with Gasteiger partial charge in [-0.15, -0.1) is 18.3 Å². The van der Waals surface area contributed by atoms with Crippen molar-refractivity contribution in [1.29, 1.82) is 5.26 Å². The Hall–Kier alpha value is -4.27. The second-order valence-electron chi connectivity index (χ2n) is 8.96. The number of rotatable bonds is 9. The summed E-state index contributed by atoms with van der Waals surface area (Å²) in [6.45, 7) is 5.91. The molecule has 1 atom stereocenters. The molecule has 3 aromatic rings. The van der Waals surface area contributed by atoms with E-state index in [2.05, 4.69) is 27.8 Å². The van der Waals surface area contributed by atoms with Crippen LogP contribution < -0.4 is 5.32 Å². The van der Waals surface area contributed by atoms with Crippen LogP contribution in [0.4, 0.5) is 20.3 Å². The fourth-order valence-corrected chi connectivity index (χ4v) is 5.21. The van der Waals surface area contributed by atoms with E-state index in [1.807, 2.05) is 35.4 Å². The van der Waals surface area contributed by atoms with Crippen LogP contribution in [0.5, 0.6) is 5.75 Å². The number of benzene rings is 2. The number of amidine groups is 1. The van der Waals surface area contributed by atoms with Gasteiger partial charge in [-0.2, -0.15) is 5.26 Å². The van der Waals surface area contributed by atoms with E-state index in [0.717, 1.165) is 17.0 Å². The van der Waals surface area contributed by atoms with E-state index < -0.39 is 28.6 Å². The summed E-state index contributed by atoms with van der Waals surface area (Å²) in [7, 11) is 0. The molecule has 0 aliphatic carbocycles. The predicted molar refractivity (Wildman–Crippen MR) is 153 cm³/mol. The summed E-state index contributed by atoms with van der Waals surface area (Å²) in [6.07, 6.45) is 4.35. The Balaban J connectivity index is 1.91. The highest BCUT2D eigenvalue weighted by Gasteiger charge is 2.31. The van der Waals surface area contributed by atoms with Crippen LogP contribution in [-0.2, 0) is 4.79 Å². The highest BCUT2D eigenvalue weighted by atomic mass is 32.2. The van der Waals surface area contributed by atoms with Gasteiger partial charge in [-0.3, -0.25) is 9.69 Å². The van der Waals surface area contributed by atoms with Crippen LogP contribution in [0.25, 0.3) is 11.3 Å². The average molecular weight is 563 g/mol. The van der Waals surface area contributed by atoms with Gasteiger partial charge in [0.15, 0.2) is 5.82 Å². The van der Waals surface area contributed by atoms with Crippen LogP contribution in [0.15, 0.2) is 71.1 Å². The number of phenolic OH excluding ortho intramolecular Hbond substituents is 1. The zero-order valence-electron chi connectivity index (χ0n) is 21.8. The number of amides is 1. The topological polar surface area (TPSA) is 105 Å². The van der Waals surface area contributed by atoms with Crippen molar-refractivity contribution < 1.29 is 18.7 Å². The number of hydrogen-bond donors (Lipinski definition) is 2. The van der Waals surface area contributed by atoms with Crippen molar-refractivity contribution in [2.24, 2.45) is 4.99 Å². The van der Waals surface area contributed by atoms with E-state index in [1.54, 1.807) is 6.08 Å². The monoisotopic (exact) mass is 562 g/mol. The Morgan fingerprint density at radius 1 is 1.27 bits per heavy atom. The van der Waals surface area contributed by atoms with Crippen molar-refractivity contribution in [2.75, 3.05) is 37.8 Å². The number of pyridine rings is 1. The number of para-hydroxylation sites is 1. The van der Waals surface area contributed by atoms with Crippen LogP contribution >= 0.6 is 11.8 Å². The molecule has 1 aliphatic rings. The summed E-state index contributed by atoms with van der Waals surface area (Å²) in [5.41, 5.74) is -0.0684. The lowest BCUT2D eigenvalue weighted by atomic mass is 10.0.